The summed E-state index contributed by atoms with van der Waals surface area (Å²) in [5.41, 5.74) is 6.06. The molecule has 0 aromatic rings. The van der Waals surface area contributed by atoms with Gasteiger partial charge in [0.1, 0.15) is 0 Å². The van der Waals surface area contributed by atoms with Gasteiger partial charge in [-0.05, 0) is 12.8 Å². The van der Waals surface area contributed by atoms with Crippen LogP contribution in [0.25, 0.3) is 0 Å². The zero-order valence-electron chi connectivity index (χ0n) is 7.05. The largest absolute Gasteiger partial charge is 0.396 e. The van der Waals surface area contributed by atoms with E-state index < -0.39 is 0 Å². The van der Waals surface area contributed by atoms with E-state index in [1.165, 1.54) is 0 Å². The predicted molar refractivity (Wildman–Crippen MR) is 43.2 cm³/mol. The van der Waals surface area contributed by atoms with E-state index in [1.807, 2.05) is 0 Å². The summed E-state index contributed by atoms with van der Waals surface area (Å²) < 4.78 is 5.13. The maximum Gasteiger partial charge on any atom is 0.0559 e. The van der Waals surface area contributed by atoms with Crippen LogP contribution in [0.1, 0.15) is 19.8 Å². The predicted octanol–water partition coefficient (Wildman–Crippen LogP) is 0.123. The second kappa shape index (κ2) is 3.52. The van der Waals surface area contributed by atoms with Crippen molar-refractivity contribution in [2.24, 2.45) is 11.1 Å². The van der Waals surface area contributed by atoms with Crippen molar-refractivity contribution in [2.75, 3.05) is 19.8 Å². The molecule has 1 atom stereocenters. The fourth-order valence-corrected chi connectivity index (χ4v) is 1.49. The first-order chi connectivity index (χ1) is 5.25. The van der Waals surface area contributed by atoms with Gasteiger partial charge in [0.25, 0.3) is 0 Å². The van der Waals surface area contributed by atoms with Crippen molar-refractivity contribution in [3.63, 3.8) is 0 Å². The lowest BCUT2D eigenvalue weighted by molar-refractivity contribution is -0.130. The molecule has 0 saturated carbocycles. The standard InChI is InChI=1S/C8H17NO2/c1-2-8(5-11-6-8)7(9)3-4-10/h7,10H,2-6,9H2,1H3. The Labute approximate surface area is 67.5 Å². The van der Waals surface area contributed by atoms with Crippen molar-refractivity contribution in [3.05, 3.63) is 0 Å². The molecule has 0 spiro atoms. The molecule has 0 radical (unpaired) electrons. The van der Waals surface area contributed by atoms with Gasteiger partial charge >= 0.3 is 0 Å². The zero-order valence-corrected chi connectivity index (χ0v) is 7.05. The topological polar surface area (TPSA) is 55.5 Å². The lowest BCUT2D eigenvalue weighted by atomic mass is 9.75. The highest BCUT2D eigenvalue weighted by atomic mass is 16.5. The van der Waals surface area contributed by atoms with Gasteiger partial charge in [-0.1, -0.05) is 6.92 Å². The fraction of sp³-hybridized carbons (Fsp3) is 1.00. The van der Waals surface area contributed by atoms with Gasteiger partial charge in [-0.25, -0.2) is 0 Å². The van der Waals surface area contributed by atoms with Crippen molar-refractivity contribution in [1.82, 2.24) is 0 Å². The Hall–Kier alpha value is -0.120. The summed E-state index contributed by atoms with van der Waals surface area (Å²) in [6, 6.07) is 0.103. The van der Waals surface area contributed by atoms with Crippen LogP contribution in [0, 0.1) is 5.41 Å². The van der Waals surface area contributed by atoms with Gasteiger partial charge in [-0.15, -0.1) is 0 Å². The van der Waals surface area contributed by atoms with Gasteiger partial charge < -0.3 is 15.6 Å². The highest BCUT2D eigenvalue weighted by Crippen LogP contribution is 2.35. The smallest absolute Gasteiger partial charge is 0.0559 e. The highest BCUT2D eigenvalue weighted by Gasteiger charge is 2.41. The Morgan fingerprint density at radius 1 is 1.64 bits per heavy atom. The maximum absolute atomic E-state index is 8.69. The normalized spacial score (nSPS) is 24.3. The Balaban J connectivity index is 2.40. The molecule has 0 aromatic carbocycles. The molecule has 11 heavy (non-hydrogen) atoms. The number of ether oxygens (including phenoxy) is 1. The molecule has 1 aliphatic rings. The number of aliphatic hydroxyl groups is 1. The van der Waals surface area contributed by atoms with Gasteiger partial charge in [0.05, 0.1) is 13.2 Å². The monoisotopic (exact) mass is 159 g/mol. The number of nitrogens with two attached hydrogens (primary N) is 1. The van der Waals surface area contributed by atoms with Crippen LogP contribution in [0.4, 0.5) is 0 Å². The van der Waals surface area contributed by atoms with Crippen LogP contribution in [0.5, 0.6) is 0 Å². The summed E-state index contributed by atoms with van der Waals surface area (Å²) in [5.74, 6) is 0. The zero-order chi connectivity index (χ0) is 8.32. The van der Waals surface area contributed by atoms with E-state index in [-0.39, 0.29) is 18.1 Å². The van der Waals surface area contributed by atoms with E-state index >= 15 is 0 Å². The highest BCUT2D eigenvalue weighted by molar-refractivity contribution is 4.93. The van der Waals surface area contributed by atoms with Crippen molar-refractivity contribution < 1.29 is 9.84 Å². The second-order valence-electron chi connectivity index (χ2n) is 3.33. The summed E-state index contributed by atoms with van der Waals surface area (Å²) in [4.78, 5) is 0. The molecule has 1 saturated heterocycles. The first-order valence-electron chi connectivity index (χ1n) is 4.19. The van der Waals surface area contributed by atoms with Crippen LogP contribution in [0.2, 0.25) is 0 Å². The number of hydrogen-bond donors (Lipinski definition) is 2. The van der Waals surface area contributed by atoms with Crippen LogP contribution in [-0.2, 0) is 4.74 Å². The maximum atomic E-state index is 8.69. The summed E-state index contributed by atoms with van der Waals surface area (Å²) in [6.07, 6.45) is 1.74. The Morgan fingerprint density at radius 3 is 2.55 bits per heavy atom. The van der Waals surface area contributed by atoms with E-state index in [0.717, 1.165) is 19.6 Å². The molecule has 1 rings (SSSR count). The molecule has 1 unspecified atom stereocenters. The molecular weight excluding hydrogens is 142 g/mol. The van der Waals surface area contributed by atoms with E-state index in [4.69, 9.17) is 15.6 Å². The Kier molecular flexibility index (Phi) is 2.87. The third-order valence-corrected chi connectivity index (χ3v) is 2.71. The minimum absolute atomic E-state index is 0.103. The minimum Gasteiger partial charge on any atom is -0.396 e. The molecule has 0 bridgehead atoms. The van der Waals surface area contributed by atoms with Crippen LogP contribution in [-0.4, -0.2) is 31.0 Å². The first kappa shape index (κ1) is 8.97. The van der Waals surface area contributed by atoms with Crippen molar-refractivity contribution >= 4 is 0 Å². The fourth-order valence-electron chi connectivity index (χ4n) is 1.49. The van der Waals surface area contributed by atoms with Gasteiger partial charge in [0.2, 0.25) is 0 Å². The SMILES string of the molecule is CCC1(C(N)CCO)COC1. The Bertz CT molecular complexity index is 118. The Morgan fingerprint density at radius 2 is 2.27 bits per heavy atom. The van der Waals surface area contributed by atoms with Gasteiger partial charge in [-0.2, -0.15) is 0 Å². The quantitative estimate of drug-likeness (QED) is 0.612. The molecule has 3 nitrogen and oxygen atoms in total. The summed E-state index contributed by atoms with van der Waals surface area (Å²) in [6.45, 7) is 3.85. The van der Waals surface area contributed by atoms with E-state index in [1.54, 1.807) is 0 Å². The van der Waals surface area contributed by atoms with E-state index in [9.17, 15) is 0 Å². The molecule has 0 aliphatic carbocycles. The number of hydrogen-bond acceptors (Lipinski definition) is 3. The third-order valence-electron chi connectivity index (χ3n) is 2.71. The van der Waals surface area contributed by atoms with Gasteiger partial charge in [-0.3, -0.25) is 0 Å². The average molecular weight is 159 g/mol. The molecule has 0 aromatic heterocycles. The van der Waals surface area contributed by atoms with Gasteiger partial charge in [0.15, 0.2) is 0 Å². The van der Waals surface area contributed by atoms with Crippen molar-refractivity contribution in [2.45, 2.75) is 25.8 Å². The second-order valence-corrected chi connectivity index (χ2v) is 3.33. The summed E-state index contributed by atoms with van der Waals surface area (Å²) >= 11 is 0. The molecule has 1 heterocycles. The van der Waals surface area contributed by atoms with Crippen molar-refractivity contribution in [3.8, 4) is 0 Å². The van der Waals surface area contributed by atoms with E-state index in [2.05, 4.69) is 6.92 Å². The molecule has 0 amide bonds. The lowest BCUT2D eigenvalue weighted by Gasteiger charge is -2.45. The van der Waals surface area contributed by atoms with Crippen LogP contribution in [0.15, 0.2) is 0 Å². The summed E-state index contributed by atoms with van der Waals surface area (Å²) in [7, 11) is 0. The number of rotatable bonds is 4. The average Bonchev–Trinajstić information content (AvgIpc) is 1.87. The van der Waals surface area contributed by atoms with E-state index in [0.29, 0.717) is 6.42 Å². The minimum atomic E-state index is 0.103. The molecule has 3 N–H and O–H groups in total. The van der Waals surface area contributed by atoms with Crippen LogP contribution < -0.4 is 5.73 Å². The van der Waals surface area contributed by atoms with Crippen LogP contribution >= 0.6 is 0 Å². The molecule has 3 heteroatoms. The molecular formula is C8H17NO2. The molecule has 1 aliphatic heterocycles. The van der Waals surface area contributed by atoms with Crippen LogP contribution in [0.3, 0.4) is 0 Å². The van der Waals surface area contributed by atoms with Gasteiger partial charge in [0, 0.05) is 18.1 Å². The first-order valence-corrected chi connectivity index (χ1v) is 4.19. The third kappa shape index (κ3) is 1.55. The lowest BCUT2D eigenvalue weighted by Crippen LogP contribution is -2.55. The van der Waals surface area contributed by atoms with Crippen molar-refractivity contribution in [1.29, 1.82) is 0 Å². The molecule has 1 fully saturated rings. The summed E-state index contributed by atoms with van der Waals surface area (Å²) in [5, 5.41) is 8.69. The number of aliphatic hydroxyl groups excluding tert-OH is 1. The molecule has 66 valence electrons.